The Morgan fingerprint density at radius 3 is 2.33 bits per heavy atom. The van der Waals surface area contributed by atoms with Crippen LogP contribution < -0.4 is 0 Å². The first kappa shape index (κ1) is 13.3. The number of hydrogen-bond acceptors (Lipinski definition) is 2. The summed E-state index contributed by atoms with van der Waals surface area (Å²) in [5.41, 5.74) is 1.16. The van der Waals surface area contributed by atoms with Crippen LogP contribution in [-0.2, 0) is 4.74 Å². The molecule has 18 heavy (non-hydrogen) atoms. The molecule has 0 fully saturated rings. The van der Waals surface area contributed by atoms with Crippen LogP contribution in [-0.4, -0.2) is 24.4 Å². The molecular weight excluding hydrogens is 224 g/mol. The van der Waals surface area contributed by atoms with Gasteiger partial charge in [0.1, 0.15) is 0 Å². The van der Waals surface area contributed by atoms with E-state index >= 15 is 0 Å². The number of hydrogen-bond donors (Lipinski definition) is 1. The van der Waals surface area contributed by atoms with E-state index in [2.05, 4.69) is 38.1 Å². The van der Waals surface area contributed by atoms with Crippen LogP contribution >= 0.6 is 0 Å². The predicted octanol–water partition coefficient (Wildman–Crippen LogP) is 2.99. The summed E-state index contributed by atoms with van der Waals surface area (Å²) >= 11 is 0. The van der Waals surface area contributed by atoms with Crippen molar-refractivity contribution in [1.82, 2.24) is 0 Å². The highest BCUT2D eigenvalue weighted by molar-refractivity contribution is 5.27. The van der Waals surface area contributed by atoms with Gasteiger partial charge in [0.2, 0.25) is 0 Å². The van der Waals surface area contributed by atoms with Crippen molar-refractivity contribution in [2.75, 3.05) is 7.11 Å². The van der Waals surface area contributed by atoms with Crippen LogP contribution in [0.3, 0.4) is 0 Å². The minimum atomic E-state index is -0.404. The summed E-state index contributed by atoms with van der Waals surface area (Å²) in [6, 6.07) is 10.2. The molecule has 2 heteroatoms. The molecule has 1 aliphatic carbocycles. The first-order valence-electron chi connectivity index (χ1n) is 6.59. The Morgan fingerprint density at radius 2 is 1.72 bits per heavy atom. The van der Waals surface area contributed by atoms with Crippen LogP contribution in [0.4, 0.5) is 0 Å². The van der Waals surface area contributed by atoms with Gasteiger partial charge in [0.25, 0.3) is 0 Å². The van der Waals surface area contributed by atoms with Crippen molar-refractivity contribution in [2.45, 2.75) is 32.0 Å². The third-order valence-electron chi connectivity index (χ3n) is 4.02. The molecule has 0 bridgehead atoms. The van der Waals surface area contributed by atoms with E-state index in [0.29, 0.717) is 5.92 Å². The minimum absolute atomic E-state index is 0.0591. The van der Waals surface area contributed by atoms with Crippen LogP contribution in [0, 0.1) is 11.8 Å². The summed E-state index contributed by atoms with van der Waals surface area (Å²) in [5, 5.41) is 10.6. The molecule has 0 heterocycles. The molecule has 5 atom stereocenters. The molecule has 2 rings (SSSR count). The zero-order valence-corrected chi connectivity index (χ0v) is 11.3. The van der Waals surface area contributed by atoms with Crippen molar-refractivity contribution < 1.29 is 9.84 Å². The van der Waals surface area contributed by atoms with Gasteiger partial charge in [-0.1, -0.05) is 56.3 Å². The molecule has 2 nitrogen and oxygen atoms in total. The van der Waals surface area contributed by atoms with Crippen molar-refractivity contribution in [3.8, 4) is 0 Å². The van der Waals surface area contributed by atoms with Gasteiger partial charge in [0.05, 0.1) is 12.2 Å². The molecular formula is C16H22O2. The molecule has 0 amide bonds. The highest BCUT2D eigenvalue weighted by Gasteiger charge is 2.34. The quantitative estimate of drug-likeness (QED) is 0.813. The molecule has 0 spiro atoms. The SMILES string of the molecule is CO[C@H]1[C@@H](C)[C@H](O)[C@H](c2ccccc2)C=C[C@H]1C. The van der Waals surface area contributed by atoms with Crippen molar-refractivity contribution in [2.24, 2.45) is 11.8 Å². The molecule has 98 valence electrons. The second kappa shape index (κ2) is 5.68. The molecule has 0 aromatic heterocycles. The van der Waals surface area contributed by atoms with Crippen LogP contribution in [0.25, 0.3) is 0 Å². The van der Waals surface area contributed by atoms with Crippen LogP contribution in [0.2, 0.25) is 0 Å². The van der Waals surface area contributed by atoms with Gasteiger partial charge in [-0.15, -0.1) is 0 Å². The van der Waals surface area contributed by atoms with Crippen LogP contribution in [0.1, 0.15) is 25.3 Å². The van der Waals surface area contributed by atoms with Gasteiger partial charge in [-0.05, 0) is 5.56 Å². The number of ether oxygens (including phenoxy) is 1. The smallest absolute Gasteiger partial charge is 0.0693 e. The van der Waals surface area contributed by atoms with E-state index in [-0.39, 0.29) is 17.9 Å². The Kier molecular flexibility index (Phi) is 4.20. The lowest BCUT2D eigenvalue weighted by Gasteiger charge is -2.30. The molecule has 1 aromatic rings. The van der Waals surface area contributed by atoms with Gasteiger partial charge in [-0.3, -0.25) is 0 Å². The topological polar surface area (TPSA) is 29.5 Å². The van der Waals surface area contributed by atoms with Crippen molar-refractivity contribution in [1.29, 1.82) is 0 Å². The fourth-order valence-electron chi connectivity index (χ4n) is 2.93. The Balaban J connectivity index is 2.30. The molecule has 0 unspecified atom stereocenters. The second-order valence-electron chi connectivity index (χ2n) is 5.23. The van der Waals surface area contributed by atoms with E-state index in [1.807, 2.05) is 18.2 Å². The van der Waals surface area contributed by atoms with Crippen molar-refractivity contribution >= 4 is 0 Å². The molecule has 1 N–H and O–H groups in total. The number of rotatable bonds is 2. The lowest BCUT2D eigenvalue weighted by atomic mass is 9.84. The lowest BCUT2D eigenvalue weighted by Crippen LogP contribution is -2.35. The largest absolute Gasteiger partial charge is 0.392 e. The summed E-state index contributed by atoms with van der Waals surface area (Å²) in [7, 11) is 1.72. The van der Waals surface area contributed by atoms with E-state index < -0.39 is 6.10 Å². The molecule has 0 saturated heterocycles. The van der Waals surface area contributed by atoms with E-state index in [0.717, 1.165) is 5.56 Å². The van der Waals surface area contributed by atoms with Gasteiger partial charge < -0.3 is 9.84 Å². The summed E-state index contributed by atoms with van der Waals surface area (Å²) in [6.07, 6.45) is 3.96. The third kappa shape index (κ3) is 2.50. The predicted molar refractivity (Wildman–Crippen MR) is 73.5 cm³/mol. The first-order chi connectivity index (χ1) is 8.65. The Bertz CT molecular complexity index is 399. The molecule has 1 aromatic carbocycles. The zero-order valence-electron chi connectivity index (χ0n) is 11.3. The zero-order chi connectivity index (χ0) is 13.1. The van der Waals surface area contributed by atoms with Crippen LogP contribution in [0.15, 0.2) is 42.5 Å². The van der Waals surface area contributed by atoms with Gasteiger partial charge in [-0.25, -0.2) is 0 Å². The van der Waals surface area contributed by atoms with E-state index in [4.69, 9.17) is 4.74 Å². The number of aliphatic hydroxyl groups is 1. The van der Waals surface area contributed by atoms with Crippen LogP contribution in [0.5, 0.6) is 0 Å². The summed E-state index contributed by atoms with van der Waals surface area (Å²) in [4.78, 5) is 0. The number of benzene rings is 1. The molecule has 0 aliphatic heterocycles. The Hall–Kier alpha value is -1.12. The number of aliphatic hydroxyl groups excluding tert-OH is 1. The highest BCUT2D eigenvalue weighted by Crippen LogP contribution is 2.34. The highest BCUT2D eigenvalue weighted by atomic mass is 16.5. The Morgan fingerprint density at radius 1 is 1.06 bits per heavy atom. The summed E-state index contributed by atoms with van der Waals surface area (Å²) < 4.78 is 5.54. The lowest BCUT2D eigenvalue weighted by molar-refractivity contribution is -0.0239. The number of methoxy groups -OCH3 is 1. The van der Waals surface area contributed by atoms with Gasteiger partial charge in [-0.2, -0.15) is 0 Å². The minimum Gasteiger partial charge on any atom is -0.392 e. The first-order valence-corrected chi connectivity index (χ1v) is 6.59. The van der Waals surface area contributed by atoms with Crippen molar-refractivity contribution in [3.05, 3.63) is 48.0 Å². The molecule has 0 saturated carbocycles. The van der Waals surface area contributed by atoms with Crippen molar-refractivity contribution in [3.63, 3.8) is 0 Å². The summed E-state index contributed by atoms with van der Waals surface area (Å²) in [6.45, 7) is 4.21. The standard InChI is InChI=1S/C16H22O2/c1-11-9-10-14(13-7-5-4-6-8-13)15(17)12(2)16(11)18-3/h4-12,14-17H,1-3H3/t11-,12+,14+,15+,16-/m1/s1. The average molecular weight is 246 g/mol. The van der Waals surface area contributed by atoms with Gasteiger partial charge in [0, 0.05) is 24.9 Å². The van der Waals surface area contributed by atoms with E-state index in [9.17, 15) is 5.11 Å². The van der Waals surface area contributed by atoms with E-state index in [1.54, 1.807) is 7.11 Å². The van der Waals surface area contributed by atoms with Gasteiger partial charge >= 0.3 is 0 Å². The summed E-state index contributed by atoms with van der Waals surface area (Å²) in [5.74, 6) is 0.502. The average Bonchev–Trinajstić information content (AvgIpc) is 2.50. The molecule has 0 radical (unpaired) electrons. The molecule has 1 aliphatic rings. The maximum Gasteiger partial charge on any atom is 0.0693 e. The second-order valence-corrected chi connectivity index (χ2v) is 5.23. The Labute approximate surface area is 109 Å². The normalized spacial score (nSPS) is 36.3. The monoisotopic (exact) mass is 246 g/mol. The maximum atomic E-state index is 10.6. The fourth-order valence-corrected chi connectivity index (χ4v) is 2.93. The van der Waals surface area contributed by atoms with Gasteiger partial charge in [0.15, 0.2) is 0 Å². The van der Waals surface area contributed by atoms with E-state index in [1.165, 1.54) is 0 Å². The third-order valence-corrected chi connectivity index (χ3v) is 4.02. The fraction of sp³-hybridized carbons (Fsp3) is 0.500. The maximum absolute atomic E-state index is 10.6.